The maximum absolute atomic E-state index is 12.1. The third kappa shape index (κ3) is 4.52. The van der Waals surface area contributed by atoms with E-state index in [9.17, 15) is 9.59 Å². The zero-order chi connectivity index (χ0) is 20.4. The molecule has 0 bridgehead atoms. The van der Waals surface area contributed by atoms with Crippen LogP contribution in [-0.4, -0.2) is 9.55 Å². The summed E-state index contributed by atoms with van der Waals surface area (Å²) in [5.41, 5.74) is 2.07. The molecule has 0 saturated carbocycles. The van der Waals surface area contributed by atoms with Gasteiger partial charge in [-0.25, -0.2) is 9.36 Å². The van der Waals surface area contributed by atoms with E-state index >= 15 is 0 Å². The standard InChI is InChI=1S/C22H32N2O3/c1-8-21(4,5)16-10-11-18(17(13-16)22(6,7)9-2)27-14-24-19(25)12-15(3)23-20(24)26/h10-13H,8-9,14H2,1-7H3,(H,23,26). The van der Waals surface area contributed by atoms with E-state index in [1.807, 2.05) is 6.07 Å². The second-order valence-corrected chi connectivity index (χ2v) is 8.48. The molecule has 2 aromatic rings. The fourth-order valence-corrected chi connectivity index (χ4v) is 2.89. The molecule has 0 amide bonds. The highest BCUT2D eigenvalue weighted by molar-refractivity contribution is 5.44. The second kappa shape index (κ2) is 7.75. The van der Waals surface area contributed by atoms with E-state index in [0.717, 1.165) is 23.0 Å². The second-order valence-electron chi connectivity index (χ2n) is 8.48. The molecule has 1 aromatic carbocycles. The Morgan fingerprint density at radius 1 is 1.00 bits per heavy atom. The van der Waals surface area contributed by atoms with Crippen LogP contribution in [0.4, 0.5) is 0 Å². The van der Waals surface area contributed by atoms with Gasteiger partial charge in [0.1, 0.15) is 5.75 Å². The van der Waals surface area contributed by atoms with Crippen LogP contribution >= 0.6 is 0 Å². The molecular weight excluding hydrogens is 340 g/mol. The Balaban J connectivity index is 2.45. The van der Waals surface area contributed by atoms with Crippen molar-refractivity contribution in [2.24, 2.45) is 0 Å². The van der Waals surface area contributed by atoms with Crippen LogP contribution in [0.25, 0.3) is 0 Å². The van der Waals surface area contributed by atoms with Gasteiger partial charge in [-0.15, -0.1) is 0 Å². The molecule has 0 spiro atoms. The van der Waals surface area contributed by atoms with E-state index in [4.69, 9.17) is 4.74 Å². The molecule has 0 radical (unpaired) electrons. The van der Waals surface area contributed by atoms with Gasteiger partial charge < -0.3 is 9.72 Å². The number of H-pyrrole nitrogens is 1. The summed E-state index contributed by atoms with van der Waals surface area (Å²) < 4.78 is 7.03. The topological polar surface area (TPSA) is 64.1 Å². The highest BCUT2D eigenvalue weighted by Gasteiger charge is 2.26. The van der Waals surface area contributed by atoms with Crippen molar-refractivity contribution in [3.63, 3.8) is 0 Å². The number of ether oxygens (including phenoxy) is 1. The number of nitrogens with one attached hydrogen (secondary N) is 1. The quantitative estimate of drug-likeness (QED) is 0.790. The third-order valence-corrected chi connectivity index (χ3v) is 5.76. The van der Waals surface area contributed by atoms with Gasteiger partial charge >= 0.3 is 5.69 Å². The number of hydrogen-bond donors (Lipinski definition) is 1. The van der Waals surface area contributed by atoms with Gasteiger partial charge in [0.2, 0.25) is 0 Å². The van der Waals surface area contributed by atoms with E-state index in [1.165, 1.54) is 11.6 Å². The van der Waals surface area contributed by atoms with E-state index in [0.29, 0.717) is 11.4 Å². The van der Waals surface area contributed by atoms with E-state index in [1.54, 1.807) is 6.92 Å². The van der Waals surface area contributed by atoms with Gasteiger partial charge in [0.25, 0.3) is 5.56 Å². The van der Waals surface area contributed by atoms with Crippen molar-refractivity contribution in [2.45, 2.75) is 78.9 Å². The summed E-state index contributed by atoms with van der Waals surface area (Å²) in [6, 6.07) is 7.65. The first-order valence-electron chi connectivity index (χ1n) is 9.60. The number of aromatic nitrogens is 2. The number of rotatable bonds is 7. The molecule has 0 aliphatic heterocycles. The number of nitrogens with zero attached hydrogens (tertiary/aromatic N) is 1. The van der Waals surface area contributed by atoms with Crippen LogP contribution in [0.1, 0.15) is 71.2 Å². The van der Waals surface area contributed by atoms with Crippen LogP contribution in [0.3, 0.4) is 0 Å². The largest absolute Gasteiger partial charge is 0.472 e. The molecule has 2 rings (SSSR count). The zero-order valence-corrected chi connectivity index (χ0v) is 17.6. The lowest BCUT2D eigenvalue weighted by atomic mass is 9.76. The van der Waals surface area contributed by atoms with Gasteiger partial charge in [0.05, 0.1) is 0 Å². The fraction of sp³-hybridized carbons (Fsp3) is 0.545. The summed E-state index contributed by atoms with van der Waals surface area (Å²) >= 11 is 0. The summed E-state index contributed by atoms with van der Waals surface area (Å²) in [5.74, 6) is 0.712. The summed E-state index contributed by atoms with van der Waals surface area (Å²) in [7, 11) is 0. The minimum atomic E-state index is -0.458. The maximum atomic E-state index is 12.1. The molecule has 27 heavy (non-hydrogen) atoms. The van der Waals surface area contributed by atoms with E-state index in [-0.39, 0.29) is 23.1 Å². The molecule has 0 fully saturated rings. The minimum Gasteiger partial charge on any atom is -0.472 e. The molecule has 1 heterocycles. The van der Waals surface area contributed by atoms with Crippen molar-refractivity contribution in [3.05, 3.63) is 61.9 Å². The Morgan fingerprint density at radius 2 is 1.63 bits per heavy atom. The van der Waals surface area contributed by atoms with Crippen molar-refractivity contribution in [1.82, 2.24) is 9.55 Å². The summed E-state index contributed by atoms with van der Waals surface area (Å²) in [6.07, 6.45) is 1.98. The van der Waals surface area contributed by atoms with Crippen molar-refractivity contribution < 1.29 is 4.74 Å². The third-order valence-electron chi connectivity index (χ3n) is 5.76. The Kier molecular flexibility index (Phi) is 6.03. The molecule has 5 heteroatoms. The Hall–Kier alpha value is -2.30. The van der Waals surface area contributed by atoms with Crippen LogP contribution in [0.15, 0.2) is 33.9 Å². The number of aromatic amines is 1. The number of benzene rings is 1. The highest BCUT2D eigenvalue weighted by atomic mass is 16.5. The Labute approximate surface area is 161 Å². The van der Waals surface area contributed by atoms with Crippen LogP contribution in [-0.2, 0) is 17.6 Å². The lowest BCUT2D eigenvalue weighted by molar-refractivity contribution is 0.219. The average Bonchev–Trinajstić information content (AvgIpc) is 2.60. The maximum Gasteiger partial charge on any atom is 0.331 e. The van der Waals surface area contributed by atoms with Crippen molar-refractivity contribution in [3.8, 4) is 5.75 Å². The monoisotopic (exact) mass is 372 g/mol. The first kappa shape index (κ1) is 21.0. The number of aryl methyl sites for hydroxylation is 1. The minimum absolute atomic E-state index is 0.0716. The molecule has 1 aromatic heterocycles. The summed E-state index contributed by atoms with van der Waals surface area (Å²) in [5, 5.41) is 0. The van der Waals surface area contributed by atoms with Gasteiger partial charge in [-0.2, -0.15) is 0 Å². The summed E-state index contributed by atoms with van der Waals surface area (Å²) in [4.78, 5) is 26.8. The predicted octanol–water partition coefficient (Wildman–Crippen LogP) is 4.26. The normalized spacial score (nSPS) is 12.3. The lowest BCUT2D eigenvalue weighted by Gasteiger charge is -2.30. The fourth-order valence-electron chi connectivity index (χ4n) is 2.89. The molecule has 0 unspecified atom stereocenters. The van der Waals surface area contributed by atoms with Gasteiger partial charge in [-0.3, -0.25) is 4.79 Å². The molecule has 0 aliphatic carbocycles. The van der Waals surface area contributed by atoms with Crippen LogP contribution in [0.5, 0.6) is 5.75 Å². The van der Waals surface area contributed by atoms with E-state index in [2.05, 4.69) is 58.7 Å². The number of hydrogen-bond acceptors (Lipinski definition) is 3. The zero-order valence-electron chi connectivity index (χ0n) is 17.6. The van der Waals surface area contributed by atoms with E-state index < -0.39 is 5.69 Å². The van der Waals surface area contributed by atoms with Gasteiger partial charge in [-0.1, -0.05) is 53.7 Å². The van der Waals surface area contributed by atoms with Crippen LogP contribution in [0, 0.1) is 6.92 Å². The average molecular weight is 373 g/mol. The molecule has 5 nitrogen and oxygen atoms in total. The molecule has 148 valence electrons. The Morgan fingerprint density at radius 3 is 2.19 bits per heavy atom. The van der Waals surface area contributed by atoms with Crippen LogP contribution < -0.4 is 16.0 Å². The smallest absolute Gasteiger partial charge is 0.331 e. The molecular formula is C22H32N2O3. The molecule has 0 saturated heterocycles. The van der Waals surface area contributed by atoms with Crippen molar-refractivity contribution in [1.29, 1.82) is 0 Å². The van der Waals surface area contributed by atoms with Crippen LogP contribution in [0.2, 0.25) is 0 Å². The highest BCUT2D eigenvalue weighted by Crippen LogP contribution is 2.38. The van der Waals surface area contributed by atoms with Gasteiger partial charge in [-0.05, 0) is 42.2 Å². The summed E-state index contributed by atoms with van der Waals surface area (Å²) in [6.45, 7) is 14.7. The molecule has 0 aliphatic rings. The predicted molar refractivity (Wildman–Crippen MR) is 110 cm³/mol. The molecule has 0 atom stereocenters. The molecule has 1 N–H and O–H groups in total. The van der Waals surface area contributed by atoms with Crippen molar-refractivity contribution in [2.75, 3.05) is 0 Å². The Bertz CT molecular complexity index is 889. The SMILES string of the molecule is CCC(C)(C)c1ccc(OCn2c(=O)cc(C)[nH]c2=O)c(C(C)(C)CC)c1. The lowest BCUT2D eigenvalue weighted by Crippen LogP contribution is -2.36. The first-order chi connectivity index (χ1) is 12.5. The van der Waals surface area contributed by atoms with Gasteiger partial charge in [0.15, 0.2) is 6.73 Å². The van der Waals surface area contributed by atoms with Crippen molar-refractivity contribution >= 4 is 0 Å². The van der Waals surface area contributed by atoms with Gasteiger partial charge in [0, 0.05) is 17.3 Å². The first-order valence-corrected chi connectivity index (χ1v) is 9.60.